The molecule has 1 aromatic carbocycles. The summed E-state index contributed by atoms with van der Waals surface area (Å²) in [6, 6.07) is 7.28. The molecule has 0 aliphatic rings. The van der Waals surface area contributed by atoms with E-state index in [0.29, 0.717) is 11.3 Å². The molecule has 0 bridgehead atoms. The van der Waals surface area contributed by atoms with E-state index in [9.17, 15) is 22.8 Å². The van der Waals surface area contributed by atoms with Gasteiger partial charge in [0.1, 0.15) is 0 Å². The Bertz CT molecular complexity index is 549. The fraction of sp³-hybridized carbons (Fsp3) is 0.250. The SMILES string of the molecule is N#Cc1ccc(NC(=O)NCCNC(=O)C(F)(F)F)cc1. The lowest BCUT2D eigenvalue weighted by Gasteiger charge is -2.09. The zero-order chi connectivity index (χ0) is 15.9. The molecule has 0 aliphatic heterocycles. The van der Waals surface area contributed by atoms with Crippen LogP contribution in [0.2, 0.25) is 0 Å². The molecule has 0 atom stereocenters. The number of urea groups is 1. The zero-order valence-electron chi connectivity index (χ0n) is 10.6. The van der Waals surface area contributed by atoms with Gasteiger partial charge in [-0.3, -0.25) is 4.79 Å². The molecular formula is C12H11F3N4O2. The first-order chi connectivity index (χ1) is 9.82. The van der Waals surface area contributed by atoms with E-state index < -0.39 is 18.1 Å². The number of nitrogens with one attached hydrogen (secondary N) is 3. The molecule has 0 spiro atoms. The number of rotatable bonds is 4. The highest BCUT2D eigenvalue weighted by molar-refractivity contribution is 5.89. The summed E-state index contributed by atoms with van der Waals surface area (Å²) in [5, 5.41) is 14.9. The Morgan fingerprint density at radius 2 is 1.67 bits per heavy atom. The van der Waals surface area contributed by atoms with Gasteiger partial charge < -0.3 is 16.0 Å². The van der Waals surface area contributed by atoms with Crippen molar-refractivity contribution in [3.63, 3.8) is 0 Å². The van der Waals surface area contributed by atoms with Gasteiger partial charge in [-0.1, -0.05) is 0 Å². The summed E-state index contributed by atoms with van der Waals surface area (Å²) in [6.45, 7) is -0.511. The second kappa shape index (κ2) is 7.14. The maximum absolute atomic E-state index is 11.8. The molecule has 1 aromatic rings. The van der Waals surface area contributed by atoms with Gasteiger partial charge in [0.25, 0.3) is 0 Å². The van der Waals surface area contributed by atoms with Crippen LogP contribution in [0.1, 0.15) is 5.56 Å². The average Bonchev–Trinajstić information content (AvgIpc) is 2.43. The fourth-order valence-electron chi connectivity index (χ4n) is 1.26. The van der Waals surface area contributed by atoms with Crippen LogP contribution in [0.3, 0.4) is 0 Å². The van der Waals surface area contributed by atoms with Crippen molar-refractivity contribution in [3.05, 3.63) is 29.8 Å². The van der Waals surface area contributed by atoms with E-state index in [1.807, 2.05) is 6.07 Å². The van der Waals surface area contributed by atoms with Gasteiger partial charge in [-0.05, 0) is 24.3 Å². The minimum Gasteiger partial charge on any atom is -0.347 e. The molecule has 0 aliphatic carbocycles. The van der Waals surface area contributed by atoms with Gasteiger partial charge in [-0.2, -0.15) is 18.4 Å². The lowest BCUT2D eigenvalue weighted by molar-refractivity contribution is -0.173. The van der Waals surface area contributed by atoms with E-state index in [4.69, 9.17) is 5.26 Å². The molecule has 0 aromatic heterocycles. The monoisotopic (exact) mass is 300 g/mol. The lowest BCUT2D eigenvalue weighted by Crippen LogP contribution is -2.41. The minimum absolute atomic E-state index is 0.163. The van der Waals surface area contributed by atoms with Gasteiger partial charge >= 0.3 is 18.1 Å². The number of carbonyl (C=O) groups excluding carboxylic acids is 2. The highest BCUT2D eigenvalue weighted by Gasteiger charge is 2.38. The van der Waals surface area contributed by atoms with Crippen LogP contribution >= 0.6 is 0 Å². The van der Waals surface area contributed by atoms with Crippen LogP contribution in [-0.4, -0.2) is 31.2 Å². The summed E-state index contributed by atoms with van der Waals surface area (Å²) in [7, 11) is 0. The van der Waals surface area contributed by atoms with Crippen molar-refractivity contribution in [2.45, 2.75) is 6.18 Å². The van der Waals surface area contributed by atoms with Crippen LogP contribution in [0.5, 0.6) is 0 Å². The minimum atomic E-state index is -4.94. The summed E-state index contributed by atoms with van der Waals surface area (Å²) in [6.07, 6.45) is -4.94. The quantitative estimate of drug-likeness (QED) is 0.733. The summed E-state index contributed by atoms with van der Waals surface area (Å²) < 4.78 is 35.5. The topological polar surface area (TPSA) is 94.0 Å². The van der Waals surface area contributed by atoms with Crippen molar-refractivity contribution in [3.8, 4) is 6.07 Å². The Kier molecular flexibility index (Phi) is 5.54. The third kappa shape index (κ3) is 5.82. The molecule has 0 unspecified atom stereocenters. The molecular weight excluding hydrogens is 289 g/mol. The highest BCUT2D eigenvalue weighted by Crippen LogP contribution is 2.13. The van der Waals surface area contributed by atoms with E-state index >= 15 is 0 Å². The van der Waals surface area contributed by atoms with Crippen molar-refractivity contribution in [1.29, 1.82) is 5.26 Å². The first-order valence-electron chi connectivity index (χ1n) is 5.73. The predicted molar refractivity (Wildman–Crippen MR) is 67.2 cm³/mol. The van der Waals surface area contributed by atoms with Gasteiger partial charge in [0.15, 0.2) is 0 Å². The number of carbonyl (C=O) groups is 2. The number of hydrogen-bond acceptors (Lipinski definition) is 3. The van der Waals surface area contributed by atoms with Gasteiger partial charge in [-0.25, -0.2) is 4.79 Å². The van der Waals surface area contributed by atoms with Crippen molar-refractivity contribution in [2.24, 2.45) is 0 Å². The average molecular weight is 300 g/mol. The molecule has 6 nitrogen and oxygen atoms in total. The van der Waals surface area contributed by atoms with Crippen LogP contribution in [0.4, 0.5) is 23.7 Å². The van der Waals surface area contributed by atoms with E-state index in [2.05, 4.69) is 10.6 Å². The maximum Gasteiger partial charge on any atom is 0.471 e. The molecule has 0 saturated heterocycles. The van der Waals surface area contributed by atoms with Crippen LogP contribution in [0, 0.1) is 11.3 Å². The molecule has 0 saturated carbocycles. The first-order valence-corrected chi connectivity index (χ1v) is 5.73. The van der Waals surface area contributed by atoms with Crippen molar-refractivity contribution in [2.75, 3.05) is 18.4 Å². The molecule has 0 fully saturated rings. The number of anilines is 1. The first kappa shape index (κ1) is 16.3. The van der Waals surface area contributed by atoms with Crippen LogP contribution in [0.15, 0.2) is 24.3 Å². The van der Waals surface area contributed by atoms with Gasteiger partial charge in [-0.15, -0.1) is 0 Å². The van der Waals surface area contributed by atoms with E-state index in [0.717, 1.165) is 0 Å². The number of benzene rings is 1. The second-order valence-corrected chi connectivity index (χ2v) is 3.82. The summed E-state index contributed by atoms with van der Waals surface area (Å²) >= 11 is 0. The molecule has 0 heterocycles. The largest absolute Gasteiger partial charge is 0.471 e. The smallest absolute Gasteiger partial charge is 0.347 e. The molecule has 9 heteroatoms. The molecule has 1 rings (SSSR count). The third-order valence-electron chi connectivity index (χ3n) is 2.23. The Labute approximate surface area is 117 Å². The number of alkyl halides is 3. The Morgan fingerprint density at radius 3 is 2.19 bits per heavy atom. The second-order valence-electron chi connectivity index (χ2n) is 3.82. The van der Waals surface area contributed by atoms with Gasteiger partial charge in [0.2, 0.25) is 0 Å². The highest BCUT2D eigenvalue weighted by atomic mass is 19.4. The number of amides is 3. The summed E-state index contributed by atoms with van der Waals surface area (Å²) in [5.74, 6) is -2.06. The van der Waals surface area contributed by atoms with E-state index in [1.54, 1.807) is 5.32 Å². The van der Waals surface area contributed by atoms with E-state index in [1.165, 1.54) is 24.3 Å². The standard InChI is InChI=1S/C12H11F3N4O2/c13-12(14,15)10(20)17-5-6-18-11(21)19-9-3-1-8(7-16)2-4-9/h1-4H,5-6H2,(H,17,20)(H2,18,19,21). The molecule has 21 heavy (non-hydrogen) atoms. The number of nitriles is 1. The number of nitrogens with zero attached hydrogens (tertiary/aromatic N) is 1. The predicted octanol–water partition coefficient (Wildman–Crippen LogP) is 1.36. The zero-order valence-corrected chi connectivity index (χ0v) is 10.6. The summed E-state index contributed by atoms with van der Waals surface area (Å²) in [4.78, 5) is 21.9. The Hall–Kier alpha value is -2.76. The fourth-order valence-corrected chi connectivity index (χ4v) is 1.26. The molecule has 112 valence electrons. The van der Waals surface area contributed by atoms with Crippen molar-refractivity contribution < 1.29 is 22.8 Å². The third-order valence-corrected chi connectivity index (χ3v) is 2.23. The van der Waals surface area contributed by atoms with Gasteiger partial charge in [0, 0.05) is 18.8 Å². The molecule has 3 amide bonds. The molecule has 0 radical (unpaired) electrons. The van der Waals surface area contributed by atoms with Gasteiger partial charge in [0.05, 0.1) is 11.6 Å². The van der Waals surface area contributed by atoms with E-state index in [-0.39, 0.29) is 13.1 Å². The van der Waals surface area contributed by atoms with Crippen molar-refractivity contribution in [1.82, 2.24) is 10.6 Å². The van der Waals surface area contributed by atoms with Crippen LogP contribution < -0.4 is 16.0 Å². The van der Waals surface area contributed by atoms with Crippen LogP contribution in [0.25, 0.3) is 0 Å². The number of hydrogen-bond donors (Lipinski definition) is 3. The Morgan fingerprint density at radius 1 is 1.10 bits per heavy atom. The lowest BCUT2D eigenvalue weighted by atomic mass is 10.2. The summed E-state index contributed by atoms with van der Waals surface area (Å²) in [5.41, 5.74) is 0.849. The number of halogens is 3. The normalized spacial score (nSPS) is 10.4. The van der Waals surface area contributed by atoms with Crippen LogP contribution in [-0.2, 0) is 4.79 Å². The van der Waals surface area contributed by atoms with Crippen molar-refractivity contribution >= 4 is 17.6 Å². The molecule has 3 N–H and O–H groups in total. The Balaban J connectivity index is 2.28. The maximum atomic E-state index is 11.8.